The summed E-state index contributed by atoms with van der Waals surface area (Å²) in [6.45, 7) is 2.55. The maximum Gasteiger partial charge on any atom is 0.222 e. The van der Waals surface area contributed by atoms with E-state index in [0.29, 0.717) is 26.1 Å². The van der Waals surface area contributed by atoms with Gasteiger partial charge in [0.05, 0.1) is 25.2 Å². The van der Waals surface area contributed by atoms with Crippen LogP contribution in [-0.2, 0) is 22.6 Å². The topological polar surface area (TPSA) is 81.9 Å². The lowest BCUT2D eigenvalue weighted by Gasteiger charge is -2.20. The standard InChI is InChI=1S/C16H21N5O2/c22-15(4-7-21-8-6-17-12-21)19-10-14-3-5-18-16(20-14)13-2-1-9-23-11-13/h3,5-6,8,12-13H,1-2,4,7,9-11H2,(H,19,22)/t13-/m1/s1. The maximum absolute atomic E-state index is 11.9. The maximum atomic E-state index is 11.9. The van der Waals surface area contributed by atoms with Gasteiger partial charge in [-0.3, -0.25) is 4.79 Å². The number of ether oxygens (including phenoxy) is 1. The second-order valence-corrected chi connectivity index (χ2v) is 5.65. The number of imidazole rings is 1. The average Bonchev–Trinajstić information content (AvgIpc) is 3.13. The summed E-state index contributed by atoms with van der Waals surface area (Å²) in [6, 6.07) is 1.84. The summed E-state index contributed by atoms with van der Waals surface area (Å²) < 4.78 is 7.37. The molecule has 0 bridgehead atoms. The van der Waals surface area contributed by atoms with Crippen molar-refractivity contribution in [2.75, 3.05) is 13.2 Å². The van der Waals surface area contributed by atoms with Crippen molar-refractivity contribution in [3.63, 3.8) is 0 Å². The predicted octanol–water partition coefficient (Wildman–Crippen LogP) is 1.27. The third-order valence-corrected chi connectivity index (χ3v) is 3.88. The van der Waals surface area contributed by atoms with Crippen LogP contribution in [0, 0.1) is 0 Å². The van der Waals surface area contributed by atoms with Crippen molar-refractivity contribution in [2.45, 2.75) is 38.3 Å². The molecule has 1 fully saturated rings. The van der Waals surface area contributed by atoms with Gasteiger partial charge >= 0.3 is 0 Å². The molecule has 0 aliphatic carbocycles. The van der Waals surface area contributed by atoms with Gasteiger partial charge in [-0.05, 0) is 18.9 Å². The highest BCUT2D eigenvalue weighted by Gasteiger charge is 2.18. The molecule has 1 N–H and O–H groups in total. The SMILES string of the molecule is O=C(CCn1ccnc1)NCc1ccnc([C@@H]2CCCOC2)n1. The number of carbonyl (C=O) groups is 1. The Hall–Kier alpha value is -2.28. The Morgan fingerprint density at radius 3 is 3.17 bits per heavy atom. The molecule has 0 unspecified atom stereocenters. The zero-order valence-corrected chi connectivity index (χ0v) is 13.0. The van der Waals surface area contributed by atoms with Crippen molar-refractivity contribution < 1.29 is 9.53 Å². The highest BCUT2D eigenvalue weighted by Crippen LogP contribution is 2.22. The smallest absolute Gasteiger partial charge is 0.222 e. The Bertz CT molecular complexity index is 623. The first-order chi connectivity index (χ1) is 11.3. The summed E-state index contributed by atoms with van der Waals surface area (Å²) in [6.07, 6.45) is 9.53. The molecule has 1 saturated heterocycles. The van der Waals surface area contributed by atoms with E-state index in [1.807, 2.05) is 16.8 Å². The lowest BCUT2D eigenvalue weighted by molar-refractivity contribution is -0.121. The Balaban J connectivity index is 1.48. The fourth-order valence-electron chi connectivity index (χ4n) is 2.58. The van der Waals surface area contributed by atoms with Gasteiger partial charge in [-0.1, -0.05) is 0 Å². The van der Waals surface area contributed by atoms with Crippen LogP contribution in [0.15, 0.2) is 31.0 Å². The normalized spacial score (nSPS) is 17.8. The molecule has 0 saturated carbocycles. The second kappa shape index (κ2) is 7.82. The molecule has 7 heteroatoms. The lowest BCUT2D eigenvalue weighted by atomic mass is 10.0. The Morgan fingerprint density at radius 1 is 1.43 bits per heavy atom. The largest absolute Gasteiger partial charge is 0.381 e. The van der Waals surface area contributed by atoms with Gasteiger partial charge < -0.3 is 14.6 Å². The van der Waals surface area contributed by atoms with E-state index in [-0.39, 0.29) is 11.8 Å². The van der Waals surface area contributed by atoms with Crippen molar-refractivity contribution in [1.29, 1.82) is 0 Å². The average molecular weight is 315 g/mol. The van der Waals surface area contributed by atoms with E-state index in [9.17, 15) is 4.79 Å². The molecule has 122 valence electrons. The van der Waals surface area contributed by atoms with Crippen molar-refractivity contribution in [1.82, 2.24) is 24.8 Å². The first kappa shape index (κ1) is 15.6. The van der Waals surface area contributed by atoms with Gasteiger partial charge in [0.25, 0.3) is 0 Å². The molecule has 2 aromatic rings. The predicted molar refractivity (Wildman–Crippen MR) is 83.5 cm³/mol. The number of nitrogens with zero attached hydrogens (tertiary/aromatic N) is 4. The van der Waals surface area contributed by atoms with Crippen LogP contribution in [0.4, 0.5) is 0 Å². The summed E-state index contributed by atoms with van der Waals surface area (Å²) in [4.78, 5) is 24.7. The van der Waals surface area contributed by atoms with E-state index in [1.54, 1.807) is 18.7 Å². The number of rotatable bonds is 6. The molecule has 7 nitrogen and oxygen atoms in total. The molecule has 1 aliphatic heterocycles. The molecule has 0 aromatic carbocycles. The van der Waals surface area contributed by atoms with Gasteiger partial charge in [0.2, 0.25) is 5.91 Å². The van der Waals surface area contributed by atoms with Gasteiger partial charge in [0.15, 0.2) is 0 Å². The molecule has 1 atom stereocenters. The number of nitrogens with one attached hydrogen (secondary N) is 1. The highest BCUT2D eigenvalue weighted by molar-refractivity contribution is 5.75. The molecular weight excluding hydrogens is 294 g/mol. The molecule has 3 rings (SSSR count). The van der Waals surface area contributed by atoms with Crippen molar-refractivity contribution in [2.24, 2.45) is 0 Å². The summed E-state index contributed by atoms with van der Waals surface area (Å²) in [5, 5.41) is 2.90. The second-order valence-electron chi connectivity index (χ2n) is 5.65. The van der Waals surface area contributed by atoms with Crippen LogP contribution in [0.3, 0.4) is 0 Å². The Labute approximate surface area is 135 Å². The van der Waals surface area contributed by atoms with E-state index in [0.717, 1.165) is 31.0 Å². The highest BCUT2D eigenvalue weighted by atomic mass is 16.5. The van der Waals surface area contributed by atoms with E-state index >= 15 is 0 Å². The fourth-order valence-corrected chi connectivity index (χ4v) is 2.58. The van der Waals surface area contributed by atoms with E-state index < -0.39 is 0 Å². The van der Waals surface area contributed by atoms with E-state index in [4.69, 9.17) is 4.74 Å². The third-order valence-electron chi connectivity index (χ3n) is 3.88. The monoisotopic (exact) mass is 315 g/mol. The summed E-state index contributed by atoms with van der Waals surface area (Å²) in [5.41, 5.74) is 0.830. The summed E-state index contributed by atoms with van der Waals surface area (Å²) in [7, 11) is 0. The van der Waals surface area contributed by atoms with Crippen molar-refractivity contribution >= 4 is 5.91 Å². The molecule has 3 heterocycles. The minimum atomic E-state index is -0.000128. The summed E-state index contributed by atoms with van der Waals surface area (Å²) >= 11 is 0. The quantitative estimate of drug-likeness (QED) is 0.868. The van der Waals surface area contributed by atoms with E-state index in [2.05, 4.69) is 20.3 Å². The van der Waals surface area contributed by atoms with Crippen LogP contribution in [0.1, 0.15) is 36.7 Å². The molecule has 2 aromatic heterocycles. The van der Waals surface area contributed by atoms with Gasteiger partial charge in [0.1, 0.15) is 5.82 Å². The molecule has 0 spiro atoms. The van der Waals surface area contributed by atoms with E-state index in [1.165, 1.54) is 0 Å². The Morgan fingerprint density at radius 2 is 2.39 bits per heavy atom. The minimum Gasteiger partial charge on any atom is -0.381 e. The van der Waals surface area contributed by atoms with Crippen LogP contribution < -0.4 is 5.32 Å². The van der Waals surface area contributed by atoms with Gasteiger partial charge in [0, 0.05) is 44.1 Å². The van der Waals surface area contributed by atoms with Crippen LogP contribution in [0.2, 0.25) is 0 Å². The van der Waals surface area contributed by atoms with Gasteiger partial charge in [-0.15, -0.1) is 0 Å². The van der Waals surface area contributed by atoms with Crippen LogP contribution in [0.5, 0.6) is 0 Å². The number of hydrogen-bond donors (Lipinski definition) is 1. The van der Waals surface area contributed by atoms with Crippen LogP contribution in [-0.4, -0.2) is 38.6 Å². The lowest BCUT2D eigenvalue weighted by Crippen LogP contribution is -2.25. The number of aryl methyl sites for hydroxylation is 1. The summed E-state index contributed by atoms with van der Waals surface area (Å²) in [5.74, 6) is 1.08. The molecule has 0 radical (unpaired) electrons. The van der Waals surface area contributed by atoms with Gasteiger partial charge in [-0.2, -0.15) is 0 Å². The number of amides is 1. The molecule has 23 heavy (non-hydrogen) atoms. The number of hydrogen-bond acceptors (Lipinski definition) is 5. The minimum absolute atomic E-state index is 0.000128. The zero-order chi connectivity index (χ0) is 15.9. The third kappa shape index (κ3) is 4.59. The molecular formula is C16H21N5O2. The number of aromatic nitrogens is 4. The van der Waals surface area contributed by atoms with Gasteiger partial charge in [-0.25, -0.2) is 15.0 Å². The van der Waals surface area contributed by atoms with Crippen molar-refractivity contribution in [3.05, 3.63) is 42.5 Å². The number of carbonyl (C=O) groups excluding carboxylic acids is 1. The Kier molecular flexibility index (Phi) is 5.31. The fraction of sp³-hybridized carbons (Fsp3) is 0.500. The van der Waals surface area contributed by atoms with Crippen molar-refractivity contribution in [3.8, 4) is 0 Å². The molecule has 1 amide bonds. The first-order valence-corrected chi connectivity index (χ1v) is 7.93. The van der Waals surface area contributed by atoms with Crippen LogP contribution >= 0.6 is 0 Å². The van der Waals surface area contributed by atoms with Crippen LogP contribution in [0.25, 0.3) is 0 Å². The zero-order valence-electron chi connectivity index (χ0n) is 13.0. The molecule has 1 aliphatic rings. The first-order valence-electron chi connectivity index (χ1n) is 7.93.